The van der Waals surface area contributed by atoms with Crippen molar-refractivity contribution in [1.82, 2.24) is 5.43 Å². The van der Waals surface area contributed by atoms with Gasteiger partial charge in [0.1, 0.15) is 6.61 Å². The highest BCUT2D eigenvalue weighted by molar-refractivity contribution is 6.40. The Morgan fingerprint density at radius 3 is 2.49 bits per heavy atom. The fourth-order valence-corrected chi connectivity index (χ4v) is 3.56. The van der Waals surface area contributed by atoms with E-state index < -0.39 is 11.8 Å². The number of hydrogen-bond donors (Lipinski definition) is 2. The number of amides is 2. The van der Waals surface area contributed by atoms with Crippen molar-refractivity contribution in [1.29, 1.82) is 0 Å². The molecule has 0 heterocycles. The molecule has 0 fully saturated rings. The fourth-order valence-electron chi connectivity index (χ4n) is 2.92. The Bertz CT molecular complexity index is 1260. The highest BCUT2D eigenvalue weighted by Gasteiger charge is 2.15. The predicted octanol–water partition coefficient (Wildman–Crippen LogP) is 6.02. The van der Waals surface area contributed by atoms with Crippen LogP contribution >= 0.6 is 34.8 Å². The summed E-state index contributed by atoms with van der Waals surface area (Å²) in [6, 6.07) is 15.3. The summed E-state index contributed by atoms with van der Waals surface area (Å²) in [6.45, 7) is 4.22. The molecule has 0 unspecified atom stereocenters. The first kappa shape index (κ1) is 26.3. The molecule has 7 nitrogen and oxygen atoms in total. The minimum atomic E-state index is -0.926. The quantitative estimate of drug-likeness (QED) is 0.210. The van der Waals surface area contributed by atoms with E-state index in [1.807, 2.05) is 6.92 Å². The number of hydrogen-bond acceptors (Lipinski definition) is 5. The zero-order valence-electron chi connectivity index (χ0n) is 18.9. The molecule has 10 heteroatoms. The molecule has 3 aromatic rings. The van der Waals surface area contributed by atoms with Gasteiger partial charge >= 0.3 is 11.8 Å². The topological polar surface area (TPSA) is 89.0 Å². The summed E-state index contributed by atoms with van der Waals surface area (Å²) in [4.78, 5) is 24.2. The zero-order chi connectivity index (χ0) is 25.4. The van der Waals surface area contributed by atoms with E-state index in [0.29, 0.717) is 50.0 Å². The van der Waals surface area contributed by atoms with Gasteiger partial charge in [-0.1, -0.05) is 46.9 Å². The standard InChI is InChI=1S/C25H22Cl3N3O4/c1-3-34-23-11-16(7-10-22(23)35-14-17-8-9-18(26)12-20(17)28)13-29-31-25(33)24(32)30-21-6-4-5-19(27)15(21)2/h4-13H,3,14H2,1-2H3,(H,30,32)(H,31,33). The number of halogens is 3. The third-order valence-corrected chi connectivity index (χ3v) is 5.76. The van der Waals surface area contributed by atoms with Gasteiger partial charge in [0.05, 0.1) is 12.8 Å². The van der Waals surface area contributed by atoms with Crippen molar-refractivity contribution in [2.75, 3.05) is 11.9 Å². The second-order valence-electron chi connectivity index (χ2n) is 7.23. The van der Waals surface area contributed by atoms with E-state index in [4.69, 9.17) is 44.3 Å². The zero-order valence-corrected chi connectivity index (χ0v) is 21.2. The van der Waals surface area contributed by atoms with E-state index in [9.17, 15) is 9.59 Å². The first-order chi connectivity index (χ1) is 16.8. The molecule has 0 spiro atoms. The maximum atomic E-state index is 12.1. The normalized spacial score (nSPS) is 10.8. The largest absolute Gasteiger partial charge is 0.490 e. The Morgan fingerprint density at radius 1 is 0.943 bits per heavy atom. The Labute approximate surface area is 218 Å². The van der Waals surface area contributed by atoms with E-state index in [1.54, 1.807) is 61.5 Å². The number of nitrogens with one attached hydrogen (secondary N) is 2. The number of carbonyl (C=O) groups is 2. The molecular weight excluding hydrogens is 513 g/mol. The minimum Gasteiger partial charge on any atom is -0.490 e. The van der Waals surface area contributed by atoms with Crippen LogP contribution in [0.5, 0.6) is 11.5 Å². The Morgan fingerprint density at radius 2 is 1.74 bits per heavy atom. The Balaban J connectivity index is 1.62. The van der Waals surface area contributed by atoms with Crippen LogP contribution < -0.4 is 20.2 Å². The smallest absolute Gasteiger partial charge is 0.329 e. The molecule has 0 aliphatic carbocycles. The maximum Gasteiger partial charge on any atom is 0.329 e. The molecule has 0 bridgehead atoms. The first-order valence-corrected chi connectivity index (χ1v) is 11.6. The number of nitrogens with zero attached hydrogens (tertiary/aromatic N) is 1. The third-order valence-electron chi connectivity index (χ3n) is 4.77. The van der Waals surface area contributed by atoms with Crippen LogP contribution in [-0.4, -0.2) is 24.6 Å². The average Bonchev–Trinajstić information content (AvgIpc) is 2.82. The van der Waals surface area contributed by atoms with E-state index in [2.05, 4.69) is 15.8 Å². The third kappa shape index (κ3) is 7.36. The van der Waals surface area contributed by atoms with Gasteiger partial charge in [-0.15, -0.1) is 0 Å². The molecule has 35 heavy (non-hydrogen) atoms. The van der Waals surface area contributed by atoms with Crippen molar-refractivity contribution in [3.8, 4) is 11.5 Å². The lowest BCUT2D eigenvalue weighted by molar-refractivity contribution is -0.136. The highest BCUT2D eigenvalue weighted by Crippen LogP contribution is 2.30. The summed E-state index contributed by atoms with van der Waals surface area (Å²) in [6.07, 6.45) is 1.39. The van der Waals surface area contributed by atoms with Gasteiger partial charge in [-0.3, -0.25) is 9.59 Å². The molecule has 0 saturated heterocycles. The summed E-state index contributed by atoms with van der Waals surface area (Å²) in [5, 5.41) is 7.88. The van der Waals surface area contributed by atoms with Gasteiger partial charge in [-0.2, -0.15) is 5.10 Å². The second kappa shape index (κ2) is 12.4. The summed E-state index contributed by atoms with van der Waals surface area (Å²) >= 11 is 18.2. The average molecular weight is 535 g/mol. The second-order valence-corrected chi connectivity index (χ2v) is 8.48. The number of anilines is 1. The lowest BCUT2D eigenvalue weighted by Gasteiger charge is -2.13. The molecule has 182 valence electrons. The van der Waals surface area contributed by atoms with Crippen LogP contribution in [-0.2, 0) is 16.2 Å². The SMILES string of the molecule is CCOc1cc(C=NNC(=O)C(=O)Nc2cccc(Cl)c2C)ccc1OCc1ccc(Cl)cc1Cl. The van der Waals surface area contributed by atoms with Crippen molar-refractivity contribution >= 4 is 58.5 Å². The van der Waals surface area contributed by atoms with Crippen molar-refractivity contribution in [3.05, 3.63) is 86.4 Å². The first-order valence-electron chi connectivity index (χ1n) is 10.5. The lowest BCUT2D eigenvalue weighted by Crippen LogP contribution is -2.32. The molecule has 0 radical (unpaired) electrons. The van der Waals surface area contributed by atoms with Crippen molar-refractivity contribution in [3.63, 3.8) is 0 Å². The summed E-state index contributed by atoms with van der Waals surface area (Å²) < 4.78 is 11.5. The molecule has 0 atom stereocenters. The summed E-state index contributed by atoms with van der Waals surface area (Å²) in [5.74, 6) is -0.796. The van der Waals surface area contributed by atoms with E-state index in [-0.39, 0.29) is 6.61 Å². The Hall–Kier alpha value is -3.26. The van der Waals surface area contributed by atoms with Crippen LogP contribution in [0.2, 0.25) is 15.1 Å². The lowest BCUT2D eigenvalue weighted by atomic mass is 10.2. The summed E-state index contributed by atoms with van der Waals surface area (Å²) in [5.41, 5.74) is 4.69. The van der Waals surface area contributed by atoms with Gasteiger partial charge in [0.2, 0.25) is 0 Å². The van der Waals surface area contributed by atoms with Gasteiger partial charge in [0, 0.05) is 26.3 Å². The van der Waals surface area contributed by atoms with Crippen molar-refractivity contribution < 1.29 is 19.1 Å². The predicted molar refractivity (Wildman–Crippen MR) is 139 cm³/mol. The fraction of sp³-hybridized carbons (Fsp3) is 0.160. The minimum absolute atomic E-state index is 0.223. The highest BCUT2D eigenvalue weighted by atomic mass is 35.5. The van der Waals surface area contributed by atoms with Crippen LogP contribution in [0.1, 0.15) is 23.6 Å². The van der Waals surface area contributed by atoms with Crippen LogP contribution in [0.25, 0.3) is 0 Å². The number of benzene rings is 3. The number of rotatable bonds is 8. The molecule has 0 aliphatic heterocycles. The molecule has 3 rings (SSSR count). The summed E-state index contributed by atoms with van der Waals surface area (Å²) in [7, 11) is 0. The molecule has 0 saturated carbocycles. The van der Waals surface area contributed by atoms with Crippen LogP contribution in [0.4, 0.5) is 5.69 Å². The van der Waals surface area contributed by atoms with Crippen LogP contribution in [0.3, 0.4) is 0 Å². The van der Waals surface area contributed by atoms with Gasteiger partial charge in [-0.05, 0) is 67.4 Å². The molecule has 3 aromatic carbocycles. The van der Waals surface area contributed by atoms with Crippen LogP contribution in [0, 0.1) is 6.92 Å². The molecular formula is C25H22Cl3N3O4. The van der Waals surface area contributed by atoms with E-state index in [1.165, 1.54) is 6.21 Å². The van der Waals surface area contributed by atoms with E-state index in [0.717, 1.165) is 5.56 Å². The number of hydrazone groups is 1. The van der Waals surface area contributed by atoms with Crippen LogP contribution in [0.15, 0.2) is 59.7 Å². The molecule has 0 aliphatic rings. The number of carbonyl (C=O) groups excluding carboxylic acids is 2. The molecule has 2 N–H and O–H groups in total. The number of ether oxygens (including phenoxy) is 2. The molecule has 2 amide bonds. The van der Waals surface area contributed by atoms with Crippen molar-refractivity contribution in [2.45, 2.75) is 20.5 Å². The Kier molecular flexibility index (Phi) is 9.37. The van der Waals surface area contributed by atoms with E-state index >= 15 is 0 Å². The van der Waals surface area contributed by atoms with Gasteiger partial charge in [0.25, 0.3) is 0 Å². The van der Waals surface area contributed by atoms with Gasteiger partial charge in [0.15, 0.2) is 11.5 Å². The van der Waals surface area contributed by atoms with Gasteiger partial charge < -0.3 is 14.8 Å². The molecule has 0 aromatic heterocycles. The van der Waals surface area contributed by atoms with Crippen molar-refractivity contribution in [2.24, 2.45) is 5.10 Å². The monoisotopic (exact) mass is 533 g/mol. The maximum absolute atomic E-state index is 12.1. The van der Waals surface area contributed by atoms with Gasteiger partial charge in [-0.25, -0.2) is 5.43 Å².